The van der Waals surface area contributed by atoms with E-state index >= 15 is 0 Å². The maximum absolute atomic E-state index is 11.6. The lowest BCUT2D eigenvalue weighted by Crippen LogP contribution is -2.29. The molecule has 0 bridgehead atoms. The van der Waals surface area contributed by atoms with E-state index in [1.165, 1.54) is 7.11 Å². The van der Waals surface area contributed by atoms with Crippen LogP contribution in [0.3, 0.4) is 0 Å². The minimum Gasteiger partial charge on any atom is -0.465 e. The molecule has 20 heavy (non-hydrogen) atoms. The van der Waals surface area contributed by atoms with E-state index in [0.29, 0.717) is 10.6 Å². The number of carbonyl (C=O) groups is 1. The highest BCUT2D eigenvalue weighted by Gasteiger charge is 2.30. The van der Waals surface area contributed by atoms with Gasteiger partial charge in [-0.3, -0.25) is 0 Å². The fourth-order valence-corrected chi connectivity index (χ4v) is 3.49. The normalized spacial score (nSPS) is 21.4. The molecule has 6 nitrogen and oxygen atoms in total. The minimum absolute atomic E-state index is 0.117. The molecule has 1 aromatic heterocycles. The quantitative estimate of drug-likeness (QED) is 0.824. The summed E-state index contributed by atoms with van der Waals surface area (Å²) in [6.07, 6.45) is 3.14. The van der Waals surface area contributed by atoms with Gasteiger partial charge in [0.1, 0.15) is 21.5 Å². The third-order valence-corrected chi connectivity index (χ3v) is 4.62. The molecule has 2 atom stereocenters. The Bertz CT molecular complexity index is 550. The summed E-state index contributed by atoms with van der Waals surface area (Å²) in [6.45, 7) is 0. The molecule has 2 unspecified atom stereocenters. The Balaban J connectivity index is 2.28. The molecule has 2 rings (SSSR count). The monoisotopic (exact) mass is 295 g/mol. The highest BCUT2D eigenvalue weighted by atomic mass is 32.1. The van der Waals surface area contributed by atoms with Gasteiger partial charge < -0.3 is 20.5 Å². The van der Waals surface area contributed by atoms with Gasteiger partial charge in [0.15, 0.2) is 0 Å². The molecule has 1 saturated carbocycles. The fraction of sp³-hybridized carbons (Fsp3) is 0.538. The first-order chi connectivity index (χ1) is 9.62. The number of anilines is 2. The number of rotatable bonds is 4. The summed E-state index contributed by atoms with van der Waals surface area (Å²) in [7, 11) is 2.97. The van der Waals surface area contributed by atoms with Gasteiger partial charge in [0.2, 0.25) is 0 Å². The van der Waals surface area contributed by atoms with E-state index < -0.39 is 5.97 Å². The molecular weight excluding hydrogens is 278 g/mol. The molecule has 3 N–H and O–H groups in total. The van der Waals surface area contributed by atoms with Gasteiger partial charge in [-0.2, -0.15) is 5.26 Å². The van der Waals surface area contributed by atoms with Crippen molar-refractivity contribution in [1.82, 2.24) is 0 Å². The van der Waals surface area contributed by atoms with E-state index in [4.69, 9.17) is 10.5 Å². The number of hydrogen-bond acceptors (Lipinski definition) is 7. The first-order valence-corrected chi connectivity index (χ1v) is 7.14. The van der Waals surface area contributed by atoms with Gasteiger partial charge in [0.05, 0.1) is 24.9 Å². The number of thiophene rings is 1. The summed E-state index contributed by atoms with van der Waals surface area (Å²) in [6, 6.07) is 2.18. The molecule has 108 valence electrons. The van der Waals surface area contributed by atoms with Crippen LogP contribution < -0.4 is 11.1 Å². The Kier molecular flexibility index (Phi) is 4.47. The predicted octanol–water partition coefficient (Wildman–Crippen LogP) is 1.97. The molecule has 1 heterocycles. The Morgan fingerprint density at radius 1 is 1.50 bits per heavy atom. The van der Waals surface area contributed by atoms with Crippen LogP contribution in [-0.2, 0) is 9.47 Å². The summed E-state index contributed by atoms with van der Waals surface area (Å²) in [5.41, 5.74) is 6.33. The average Bonchev–Trinajstić information content (AvgIpc) is 3.02. The standard InChI is InChI=1S/C13H17N3O3S/c1-18-9-5-3-4-8(9)16-12-7(6-14)10(15)11(20-12)13(17)19-2/h8-9,16H,3-5,15H2,1-2H3. The third-order valence-electron chi connectivity index (χ3n) is 3.50. The van der Waals surface area contributed by atoms with Crippen molar-refractivity contribution in [2.24, 2.45) is 0 Å². The van der Waals surface area contributed by atoms with Gasteiger partial charge in [-0.05, 0) is 19.3 Å². The number of esters is 1. The lowest BCUT2D eigenvalue weighted by Gasteiger charge is -2.19. The largest absolute Gasteiger partial charge is 0.465 e. The summed E-state index contributed by atoms with van der Waals surface area (Å²) >= 11 is 1.15. The number of nitrogens with one attached hydrogen (secondary N) is 1. The number of nitriles is 1. The van der Waals surface area contributed by atoms with Gasteiger partial charge in [-0.15, -0.1) is 11.3 Å². The van der Waals surface area contributed by atoms with Crippen molar-refractivity contribution in [1.29, 1.82) is 5.26 Å². The van der Waals surface area contributed by atoms with Crippen LogP contribution in [0.25, 0.3) is 0 Å². The number of ether oxygens (including phenoxy) is 2. The van der Waals surface area contributed by atoms with Crippen molar-refractivity contribution >= 4 is 28.0 Å². The summed E-state index contributed by atoms with van der Waals surface area (Å²) in [4.78, 5) is 11.9. The van der Waals surface area contributed by atoms with Crippen molar-refractivity contribution < 1.29 is 14.3 Å². The van der Waals surface area contributed by atoms with E-state index in [0.717, 1.165) is 30.6 Å². The maximum atomic E-state index is 11.6. The third kappa shape index (κ3) is 2.57. The van der Waals surface area contributed by atoms with Gasteiger partial charge in [-0.25, -0.2) is 4.79 Å². The van der Waals surface area contributed by atoms with Crippen LogP contribution in [-0.4, -0.2) is 32.3 Å². The zero-order valence-electron chi connectivity index (χ0n) is 11.4. The molecule has 1 aliphatic carbocycles. The Morgan fingerprint density at radius 2 is 2.25 bits per heavy atom. The molecule has 1 aliphatic rings. The van der Waals surface area contributed by atoms with E-state index in [9.17, 15) is 10.1 Å². The second-order valence-electron chi connectivity index (χ2n) is 4.61. The number of hydrogen-bond donors (Lipinski definition) is 2. The van der Waals surface area contributed by atoms with Gasteiger partial charge in [0, 0.05) is 7.11 Å². The van der Waals surface area contributed by atoms with Crippen LogP contribution >= 0.6 is 11.3 Å². The van der Waals surface area contributed by atoms with E-state index in [2.05, 4.69) is 10.1 Å². The van der Waals surface area contributed by atoms with Crippen LogP contribution in [0.15, 0.2) is 0 Å². The Labute approximate surface area is 121 Å². The zero-order valence-corrected chi connectivity index (χ0v) is 12.3. The van der Waals surface area contributed by atoms with Crippen molar-refractivity contribution in [3.8, 4) is 6.07 Å². The van der Waals surface area contributed by atoms with Crippen LogP contribution in [0.4, 0.5) is 10.7 Å². The minimum atomic E-state index is -0.522. The molecule has 1 fully saturated rings. The number of nitrogens with two attached hydrogens (primary N) is 1. The summed E-state index contributed by atoms with van der Waals surface area (Å²) in [5, 5.41) is 13.1. The van der Waals surface area contributed by atoms with E-state index in [1.54, 1.807) is 7.11 Å². The average molecular weight is 295 g/mol. The van der Waals surface area contributed by atoms with Gasteiger partial charge in [-0.1, -0.05) is 0 Å². The number of nitrogen functional groups attached to an aromatic ring is 1. The van der Waals surface area contributed by atoms with Gasteiger partial charge in [0.25, 0.3) is 0 Å². The molecule has 0 saturated heterocycles. The molecule has 0 spiro atoms. The second kappa shape index (κ2) is 6.11. The second-order valence-corrected chi connectivity index (χ2v) is 5.63. The molecule has 7 heteroatoms. The molecule has 0 aromatic carbocycles. The fourth-order valence-electron chi connectivity index (χ4n) is 2.44. The Morgan fingerprint density at radius 3 is 2.85 bits per heavy atom. The number of nitrogens with zero attached hydrogens (tertiary/aromatic N) is 1. The van der Waals surface area contributed by atoms with E-state index in [1.807, 2.05) is 6.07 Å². The molecule has 1 aromatic rings. The number of carbonyl (C=O) groups excluding carboxylic acids is 1. The lowest BCUT2D eigenvalue weighted by molar-refractivity contribution is 0.0607. The zero-order chi connectivity index (χ0) is 14.7. The van der Waals surface area contributed by atoms with Crippen molar-refractivity contribution in [2.75, 3.05) is 25.3 Å². The number of methoxy groups -OCH3 is 2. The Hall–Kier alpha value is -1.78. The smallest absolute Gasteiger partial charge is 0.350 e. The highest BCUT2D eigenvalue weighted by Crippen LogP contribution is 2.37. The SMILES string of the molecule is COC(=O)c1sc(NC2CCCC2OC)c(C#N)c1N. The lowest BCUT2D eigenvalue weighted by atomic mass is 10.2. The highest BCUT2D eigenvalue weighted by molar-refractivity contribution is 7.18. The maximum Gasteiger partial charge on any atom is 0.350 e. The van der Waals surface area contributed by atoms with Crippen LogP contribution in [0.2, 0.25) is 0 Å². The summed E-state index contributed by atoms with van der Waals surface area (Å²) < 4.78 is 10.1. The van der Waals surface area contributed by atoms with Crippen molar-refractivity contribution in [2.45, 2.75) is 31.4 Å². The summed E-state index contributed by atoms with van der Waals surface area (Å²) in [5.74, 6) is -0.522. The molecule has 0 amide bonds. The predicted molar refractivity (Wildman–Crippen MR) is 76.8 cm³/mol. The van der Waals surface area contributed by atoms with Crippen molar-refractivity contribution in [3.63, 3.8) is 0 Å². The van der Waals surface area contributed by atoms with Crippen LogP contribution in [0.5, 0.6) is 0 Å². The molecule has 0 aliphatic heterocycles. The molecular formula is C13H17N3O3S. The van der Waals surface area contributed by atoms with E-state index in [-0.39, 0.29) is 22.7 Å². The first-order valence-electron chi connectivity index (χ1n) is 6.32. The van der Waals surface area contributed by atoms with Crippen LogP contribution in [0, 0.1) is 11.3 Å². The first kappa shape index (κ1) is 14.6. The molecule has 0 radical (unpaired) electrons. The van der Waals surface area contributed by atoms with Crippen molar-refractivity contribution in [3.05, 3.63) is 10.4 Å². The van der Waals surface area contributed by atoms with Crippen LogP contribution in [0.1, 0.15) is 34.5 Å². The van der Waals surface area contributed by atoms with Gasteiger partial charge >= 0.3 is 5.97 Å². The topological polar surface area (TPSA) is 97.4 Å².